The van der Waals surface area contributed by atoms with Crippen LogP contribution in [0.15, 0.2) is 48.5 Å². The second kappa shape index (κ2) is 9.90. The van der Waals surface area contributed by atoms with Crippen molar-refractivity contribution in [3.05, 3.63) is 59.7 Å². The van der Waals surface area contributed by atoms with Crippen molar-refractivity contribution in [2.75, 3.05) is 37.3 Å². The minimum atomic E-state index is -0.236. The normalized spacial score (nSPS) is 17.6. The Morgan fingerprint density at radius 1 is 1.03 bits per heavy atom. The first-order chi connectivity index (χ1) is 16.2. The van der Waals surface area contributed by atoms with Gasteiger partial charge in [-0.05, 0) is 55.0 Å². The van der Waals surface area contributed by atoms with E-state index in [4.69, 9.17) is 4.74 Å². The molecule has 1 spiro atoms. The average molecular weight is 482 g/mol. The number of rotatable bonds is 4. The molecule has 2 heterocycles. The van der Waals surface area contributed by atoms with Gasteiger partial charge in [0.1, 0.15) is 5.75 Å². The predicted octanol–water partition coefficient (Wildman–Crippen LogP) is 5.60. The summed E-state index contributed by atoms with van der Waals surface area (Å²) in [6.45, 7) is 11.0. The number of para-hydroxylation sites is 2. The highest BCUT2D eigenvalue weighted by molar-refractivity contribution is 8.00. The molecule has 3 amide bonds. The van der Waals surface area contributed by atoms with E-state index < -0.39 is 0 Å². The Balaban J connectivity index is 1.41. The standard InChI is InChI=1S/C27H35N3O3S/c1-5-33-23-9-7-6-8-22(23)28-25(32)29-16-14-27(15-17-29)30(18-19-34-27)24(31)20-10-12-21(13-11-20)26(2,3)4/h6-13H,5,14-19H2,1-4H3,(H,28,32). The number of amides is 3. The Morgan fingerprint density at radius 3 is 2.35 bits per heavy atom. The largest absolute Gasteiger partial charge is 0.492 e. The van der Waals surface area contributed by atoms with Gasteiger partial charge in [0.25, 0.3) is 5.91 Å². The van der Waals surface area contributed by atoms with Gasteiger partial charge in [0.05, 0.1) is 17.2 Å². The number of nitrogens with one attached hydrogen (secondary N) is 1. The van der Waals surface area contributed by atoms with Crippen LogP contribution in [0.25, 0.3) is 0 Å². The van der Waals surface area contributed by atoms with E-state index in [1.807, 2.05) is 64.9 Å². The van der Waals surface area contributed by atoms with Crippen LogP contribution in [-0.4, -0.2) is 58.6 Å². The number of thioether (sulfide) groups is 1. The summed E-state index contributed by atoms with van der Waals surface area (Å²) >= 11 is 1.86. The van der Waals surface area contributed by atoms with Crippen molar-refractivity contribution in [1.29, 1.82) is 0 Å². The maximum Gasteiger partial charge on any atom is 0.321 e. The van der Waals surface area contributed by atoms with Crippen molar-refractivity contribution in [1.82, 2.24) is 9.80 Å². The Morgan fingerprint density at radius 2 is 1.71 bits per heavy atom. The van der Waals surface area contributed by atoms with Crippen LogP contribution in [0.2, 0.25) is 0 Å². The molecule has 2 aromatic carbocycles. The van der Waals surface area contributed by atoms with E-state index in [9.17, 15) is 9.59 Å². The molecule has 2 saturated heterocycles. The summed E-state index contributed by atoms with van der Waals surface area (Å²) < 4.78 is 5.63. The molecule has 2 aromatic rings. The minimum Gasteiger partial charge on any atom is -0.492 e. The number of hydrogen-bond donors (Lipinski definition) is 1. The quantitative estimate of drug-likeness (QED) is 0.618. The number of hydrogen-bond acceptors (Lipinski definition) is 4. The molecule has 0 aliphatic carbocycles. The van der Waals surface area contributed by atoms with Gasteiger partial charge in [-0.3, -0.25) is 4.79 Å². The second-order valence-corrected chi connectivity index (χ2v) is 11.4. The first-order valence-electron chi connectivity index (χ1n) is 12.1. The van der Waals surface area contributed by atoms with Gasteiger partial charge in [-0.25, -0.2) is 4.79 Å². The lowest BCUT2D eigenvalue weighted by Gasteiger charge is -2.44. The van der Waals surface area contributed by atoms with Crippen molar-refractivity contribution >= 4 is 29.4 Å². The number of anilines is 1. The minimum absolute atomic E-state index is 0.0584. The van der Waals surface area contributed by atoms with E-state index in [1.54, 1.807) is 0 Å². The highest BCUT2D eigenvalue weighted by atomic mass is 32.2. The van der Waals surface area contributed by atoms with Crippen molar-refractivity contribution in [2.45, 2.75) is 50.8 Å². The lowest BCUT2D eigenvalue weighted by atomic mass is 9.86. The maximum absolute atomic E-state index is 13.4. The molecule has 7 heteroatoms. The van der Waals surface area contributed by atoms with Crippen LogP contribution in [-0.2, 0) is 5.41 Å². The fourth-order valence-corrected chi connectivity index (χ4v) is 6.14. The summed E-state index contributed by atoms with van der Waals surface area (Å²) in [5, 5.41) is 3.00. The molecular formula is C27H35N3O3S. The van der Waals surface area contributed by atoms with Crippen LogP contribution in [0.1, 0.15) is 56.5 Å². The molecule has 6 nitrogen and oxygen atoms in total. The molecule has 4 rings (SSSR count). The molecule has 0 atom stereocenters. The molecule has 0 unspecified atom stereocenters. The predicted molar refractivity (Wildman–Crippen MR) is 139 cm³/mol. The summed E-state index contributed by atoms with van der Waals surface area (Å²) in [5.41, 5.74) is 2.70. The van der Waals surface area contributed by atoms with Crippen LogP contribution in [0, 0.1) is 0 Å². The van der Waals surface area contributed by atoms with Gasteiger partial charge in [-0.2, -0.15) is 0 Å². The third-order valence-electron chi connectivity index (χ3n) is 6.68. The summed E-state index contributed by atoms with van der Waals surface area (Å²) in [6, 6.07) is 15.4. The van der Waals surface area contributed by atoms with Gasteiger partial charge >= 0.3 is 6.03 Å². The number of carbonyl (C=O) groups excluding carboxylic acids is 2. The number of urea groups is 1. The van der Waals surface area contributed by atoms with Gasteiger partial charge in [-0.15, -0.1) is 11.8 Å². The van der Waals surface area contributed by atoms with E-state index in [1.165, 1.54) is 5.56 Å². The van der Waals surface area contributed by atoms with E-state index >= 15 is 0 Å². The molecule has 1 N–H and O–H groups in total. The molecule has 0 bridgehead atoms. The first-order valence-corrected chi connectivity index (χ1v) is 13.1. The van der Waals surface area contributed by atoms with Crippen LogP contribution >= 0.6 is 11.8 Å². The zero-order valence-corrected chi connectivity index (χ0v) is 21.4. The van der Waals surface area contributed by atoms with E-state index in [2.05, 4.69) is 38.2 Å². The Bertz CT molecular complexity index is 1020. The van der Waals surface area contributed by atoms with Crippen molar-refractivity contribution in [2.24, 2.45) is 0 Å². The number of piperidine rings is 1. The molecule has 34 heavy (non-hydrogen) atoms. The molecule has 0 aromatic heterocycles. The van der Waals surface area contributed by atoms with Gasteiger partial charge in [0, 0.05) is 31.0 Å². The lowest BCUT2D eigenvalue weighted by molar-refractivity contribution is 0.0585. The van der Waals surface area contributed by atoms with Gasteiger partial charge < -0.3 is 19.9 Å². The average Bonchev–Trinajstić information content (AvgIpc) is 3.22. The zero-order valence-electron chi connectivity index (χ0n) is 20.6. The zero-order chi connectivity index (χ0) is 24.3. The topological polar surface area (TPSA) is 61.9 Å². The maximum atomic E-state index is 13.4. The number of carbonyl (C=O) groups is 2. The van der Waals surface area contributed by atoms with E-state index in [0.29, 0.717) is 31.1 Å². The molecule has 0 saturated carbocycles. The van der Waals surface area contributed by atoms with E-state index in [0.717, 1.165) is 30.7 Å². The van der Waals surface area contributed by atoms with Crippen LogP contribution in [0.4, 0.5) is 10.5 Å². The summed E-state index contributed by atoms with van der Waals surface area (Å²) in [4.78, 5) is 30.0. The van der Waals surface area contributed by atoms with Crippen LogP contribution in [0.5, 0.6) is 5.75 Å². The number of likely N-dealkylation sites (tertiary alicyclic amines) is 1. The third kappa shape index (κ3) is 5.04. The van der Waals surface area contributed by atoms with Gasteiger partial charge in [-0.1, -0.05) is 45.0 Å². The molecule has 2 aliphatic heterocycles. The van der Waals surface area contributed by atoms with Crippen LogP contribution in [0.3, 0.4) is 0 Å². The molecule has 0 radical (unpaired) electrons. The van der Waals surface area contributed by atoms with Gasteiger partial charge in [0.15, 0.2) is 0 Å². The highest BCUT2D eigenvalue weighted by Crippen LogP contribution is 2.44. The second-order valence-electron chi connectivity index (χ2n) is 9.93. The summed E-state index contributed by atoms with van der Waals surface area (Å²) in [5.74, 6) is 1.70. The fraction of sp³-hybridized carbons (Fsp3) is 0.481. The monoisotopic (exact) mass is 481 g/mol. The lowest BCUT2D eigenvalue weighted by Crippen LogP contribution is -2.54. The van der Waals surface area contributed by atoms with Gasteiger partial charge in [0.2, 0.25) is 0 Å². The number of benzene rings is 2. The van der Waals surface area contributed by atoms with Crippen LogP contribution < -0.4 is 10.1 Å². The summed E-state index contributed by atoms with van der Waals surface area (Å²) in [6.07, 6.45) is 1.54. The smallest absolute Gasteiger partial charge is 0.321 e. The first kappa shape index (κ1) is 24.5. The fourth-order valence-electron chi connectivity index (χ4n) is 4.68. The highest BCUT2D eigenvalue weighted by Gasteiger charge is 2.47. The van der Waals surface area contributed by atoms with Crippen molar-refractivity contribution in [3.63, 3.8) is 0 Å². The summed E-state index contributed by atoms with van der Waals surface area (Å²) in [7, 11) is 0. The molecule has 182 valence electrons. The van der Waals surface area contributed by atoms with E-state index in [-0.39, 0.29) is 22.2 Å². The number of ether oxygens (including phenoxy) is 1. The Hall–Kier alpha value is -2.67. The molecule has 2 fully saturated rings. The number of nitrogens with zero attached hydrogens (tertiary/aromatic N) is 2. The SMILES string of the molecule is CCOc1ccccc1NC(=O)N1CCC2(CC1)SCCN2C(=O)c1ccc(C(C)(C)C)cc1. The third-order valence-corrected chi connectivity index (χ3v) is 8.23. The Labute approximate surface area is 207 Å². The van der Waals surface area contributed by atoms with Crippen molar-refractivity contribution in [3.8, 4) is 5.75 Å². The molecule has 2 aliphatic rings. The molecular weight excluding hydrogens is 446 g/mol. The Kier molecular flexibility index (Phi) is 7.12. The van der Waals surface area contributed by atoms with Crippen molar-refractivity contribution < 1.29 is 14.3 Å².